The molecule has 0 radical (unpaired) electrons. The highest BCUT2D eigenvalue weighted by atomic mass is 19.3. The number of ether oxygens (including phenoxy) is 3. The van der Waals surface area contributed by atoms with Gasteiger partial charge in [0.25, 0.3) is 6.43 Å². The largest absolute Gasteiger partial charge is 0.382 e. The number of fused-ring (bicyclic) bond motifs is 1. The second kappa shape index (κ2) is 12.3. The summed E-state index contributed by atoms with van der Waals surface area (Å²) < 4.78 is 46.2. The molecule has 1 N–H and O–H groups in total. The number of anilines is 3. The van der Waals surface area contributed by atoms with E-state index in [9.17, 15) is 8.78 Å². The van der Waals surface area contributed by atoms with E-state index in [1.54, 1.807) is 37.4 Å². The number of benzene rings is 2. The van der Waals surface area contributed by atoms with Crippen LogP contribution in [0.15, 0.2) is 54.6 Å². The number of halogens is 2. The lowest BCUT2D eigenvalue weighted by Crippen LogP contribution is -2.48. The van der Waals surface area contributed by atoms with E-state index in [1.165, 1.54) is 4.57 Å². The van der Waals surface area contributed by atoms with Crippen molar-refractivity contribution in [2.24, 2.45) is 0 Å². The zero-order valence-electron chi connectivity index (χ0n) is 22.9. The molecule has 4 aromatic rings. The van der Waals surface area contributed by atoms with Crippen molar-refractivity contribution >= 4 is 28.5 Å². The molecule has 6 rings (SSSR count). The van der Waals surface area contributed by atoms with E-state index in [-0.39, 0.29) is 11.9 Å². The van der Waals surface area contributed by atoms with Crippen molar-refractivity contribution in [1.29, 1.82) is 0 Å². The van der Waals surface area contributed by atoms with Gasteiger partial charge in [0.05, 0.1) is 50.1 Å². The van der Waals surface area contributed by atoms with Gasteiger partial charge < -0.3 is 29.3 Å². The van der Waals surface area contributed by atoms with Crippen LogP contribution >= 0.6 is 0 Å². The number of nitrogens with one attached hydrogen (secondary N) is 1. The van der Waals surface area contributed by atoms with Crippen LogP contribution in [-0.4, -0.2) is 85.3 Å². The van der Waals surface area contributed by atoms with Crippen LogP contribution < -0.4 is 15.1 Å². The van der Waals surface area contributed by atoms with Gasteiger partial charge in [-0.2, -0.15) is 9.97 Å². The molecule has 2 aromatic heterocycles. The lowest BCUT2D eigenvalue weighted by atomic mass is 10.1. The molecule has 0 saturated carbocycles. The van der Waals surface area contributed by atoms with Gasteiger partial charge in [-0.1, -0.05) is 24.3 Å². The zero-order valence-corrected chi connectivity index (χ0v) is 22.9. The average molecular weight is 566 g/mol. The molecule has 41 heavy (non-hydrogen) atoms. The van der Waals surface area contributed by atoms with E-state index in [0.717, 1.165) is 17.8 Å². The fourth-order valence-electron chi connectivity index (χ4n) is 5.29. The number of methoxy groups -OCH3 is 1. The Morgan fingerprint density at radius 3 is 2.54 bits per heavy atom. The van der Waals surface area contributed by atoms with Crippen LogP contribution in [0.2, 0.25) is 0 Å². The Kier molecular flexibility index (Phi) is 8.21. The molecule has 12 heteroatoms. The van der Waals surface area contributed by atoms with Gasteiger partial charge >= 0.3 is 0 Å². The maximum Gasteiger partial charge on any atom is 0.296 e. The van der Waals surface area contributed by atoms with Crippen LogP contribution in [0.4, 0.5) is 26.2 Å². The van der Waals surface area contributed by atoms with Crippen molar-refractivity contribution in [3.05, 3.63) is 66.0 Å². The first-order valence-electron chi connectivity index (χ1n) is 13.7. The normalized spacial score (nSPS) is 17.9. The number of hydrogen-bond acceptors (Lipinski definition) is 9. The number of aromatic nitrogens is 4. The average Bonchev–Trinajstić information content (AvgIpc) is 3.41. The second-order valence-electron chi connectivity index (χ2n) is 10.0. The molecule has 2 aromatic carbocycles. The molecule has 1 atom stereocenters. The Hall–Kier alpha value is -3.87. The van der Waals surface area contributed by atoms with Crippen molar-refractivity contribution in [1.82, 2.24) is 19.5 Å². The molecule has 0 bridgehead atoms. The van der Waals surface area contributed by atoms with Crippen LogP contribution in [0.3, 0.4) is 0 Å². The van der Waals surface area contributed by atoms with Gasteiger partial charge in [0.15, 0.2) is 5.82 Å². The van der Waals surface area contributed by atoms with Crippen LogP contribution in [-0.2, 0) is 20.8 Å². The number of nitrogens with zero attached hydrogens (tertiary/aromatic N) is 6. The van der Waals surface area contributed by atoms with Crippen molar-refractivity contribution in [2.45, 2.75) is 19.0 Å². The standard InChI is InChI=1S/C29H33F2N7O3/c1-39-18-22-19-41-15-12-37(22)21-8-6-20(7-9-21)17-32-25-16-26(35-29(34-25)36-10-13-40-14-11-36)38-24-5-3-2-4-23(24)33-28(38)27(30)31/h2-9,16,22,27H,10-15,17-19H2,1H3,(H,32,34,35)/t22-/m1/s1. The van der Waals surface area contributed by atoms with Gasteiger partial charge in [-0.3, -0.25) is 4.57 Å². The Balaban J connectivity index is 1.28. The molecule has 0 aliphatic carbocycles. The Bertz CT molecular complexity index is 1460. The monoisotopic (exact) mass is 565 g/mol. The first-order valence-corrected chi connectivity index (χ1v) is 13.7. The Morgan fingerprint density at radius 2 is 1.76 bits per heavy atom. The molecule has 2 aliphatic heterocycles. The number of para-hydroxylation sites is 2. The highest BCUT2D eigenvalue weighted by Gasteiger charge is 2.24. The van der Waals surface area contributed by atoms with Crippen molar-refractivity contribution < 1.29 is 23.0 Å². The first kappa shape index (κ1) is 27.3. The third kappa shape index (κ3) is 5.95. The topological polar surface area (TPSA) is 89.8 Å². The summed E-state index contributed by atoms with van der Waals surface area (Å²) in [6.45, 7) is 5.55. The second-order valence-corrected chi connectivity index (χ2v) is 10.0. The Morgan fingerprint density at radius 1 is 0.976 bits per heavy atom. The van der Waals surface area contributed by atoms with Gasteiger partial charge in [-0.15, -0.1) is 0 Å². The summed E-state index contributed by atoms with van der Waals surface area (Å²) in [6.07, 6.45) is -2.77. The summed E-state index contributed by atoms with van der Waals surface area (Å²) in [7, 11) is 1.70. The van der Waals surface area contributed by atoms with Gasteiger partial charge in [-0.05, 0) is 29.8 Å². The maximum absolute atomic E-state index is 14.1. The fraction of sp³-hybridized carbons (Fsp3) is 0.414. The van der Waals surface area contributed by atoms with Gasteiger partial charge in [0, 0.05) is 45.0 Å². The molecular weight excluding hydrogens is 532 g/mol. The van der Waals surface area contributed by atoms with Gasteiger partial charge in [-0.25, -0.2) is 13.8 Å². The van der Waals surface area contributed by atoms with Crippen LogP contribution in [0.25, 0.3) is 16.9 Å². The summed E-state index contributed by atoms with van der Waals surface area (Å²) in [5.41, 5.74) is 3.21. The molecule has 4 heterocycles. The minimum absolute atomic E-state index is 0.174. The fourth-order valence-corrected chi connectivity index (χ4v) is 5.29. The quantitative estimate of drug-likeness (QED) is 0.323. The summed E-state index contributed by atoms with van der Waals surface area (Å²) >= 11 is 0. The van der Waals surface area contributed by atoms with E-state index in [2.05, 4.69) is 39.5 Å². The minimum Gasteiger partial charge on any atom is -0.382 e. The van der Waals surface area contributed by atoms with Crippen molar-refractivity contribution in [2.75, 3.05) is 74.9 Å². The summed E-state index contributed by atoms with van der Waals surface area (Å²) in [5.74, 6) is 0.971. The maximum atomic E-state index is 14.1. The van der Waals surface area contributed by atoms with E-state index in [1.807, 2.05) is 4.90 Å². The molecule has 216 valence electrons. The van der Waals surface area contributed by atoms with Gasteiger partial charge in [0.1, 0.15) is 11.6 Å². The number of alkyl halides is 2. The molecule has 10 nitrogen and oxygen atoms in total. The molecular formula is C29H33F2N7O3. The van der Waals surface area contributed by atoms with Crippen molar-refractivity contribution in [3.63, 3.8) is 0 Å². The lowest BCUT2D eigenvalue weighted by molar-refractivity contribution is 0.0602. The van der Waals surface area contributed by atoms with Crippen molar-refractivity contribution in [3.8, 4) is 5.82 Å². The number of rotatable bonds is 9. The van der Waals surface area contributed by atoms with E-state index in [0.29, 0.717) is 81.3 Å². The highest BCUT2D eigenvalue weighted by Crippen LogP contribution is 2.29. The molecule has 2 saturated heterocycles. The molecule has 0 amide bonds. The van der Waals surface area contributed by atoms with Crippen LogP contribution in [0.1, 0.15) is 17.8 Å². The summed E-state index contributed by atoms with van der Waals surface area (Å²) in [4.78, 5) is 18.0. The highest BCUT2D eigenvalue weighted by molar-refractivity contribution is 5.78. The summed E-state index contributed by atoms with van der Waals surface area (Å²) in [5, 5.41) is 3.38. The number of imidazole rings is 1. The van der Waals surface area contributed by atoms with E-state index in [4.69, 9.17) is 24.2 Å². The number of hydrogen-bond donors (Lipinski definition) is 1. The first-order chi connectivity index (χ1) is 20.1. The van der Waals surface area contributed by atoms with E-state index < -0.39 is 6.43 Å². The number of morpholine rings is 2. The molecule has 2 fully saturated rings. The predicted octanol–water partition coefficient (Wildman–Crippen LogP) is 4.05. The van der Waals surface area contributed by atoms with Gasteiger partial charge in [0.2, 0.25) is 5.95 Å². The zero-order chi connectivity index (χ0) is 28.2. The summed E-state index contributed by atoms with van der Waals surface area (Å²) in [6, 6.07) is 17.3. The molecule has 2 aliphatic rings. The van der Waals surface area contributed by atoms with Crippen LogP contribution in [0, 0.1) is 0 Å². The van der Waals surface area contributed by atoms with E-state index >= 15 is 0 Å². The molecule has 0 spiro atoms. The minimum atomic E-state index is -2.77. The van der Waals surface area contributed by atoms with Crippen LogP contribution in [0.5, 0.6) is 0 Å². The third-order valence-electron chi connectivity index (χ3n) is 7.33. The smallest absolute Gasteiger partial charge is 0.296 e. The Labute approximate surface area is 236 Å². The third-order valence-corrected chi connectivity index (χ3v) is 7.33. The lowest BCUT2D eigenvalue weighted by Gasteiger charge is -2.37. The SMILES string of the molecule is COC[C@@H]1COCCN1c1ccc(CNc2cc(-n3c(C(F)F)nc4ccccc43)nc(N3CCOCC3)n2)cc1. The molecule has 0 unspecified atom stereocenters. The predicted molar refractivity (Wildman–Crippen MR) is 152 cm³/mol.